The number of hydrogen-bond acceptors (Lipinski definition) is 5. The Morgan fingerprint density at radius 1 is 0.811 bits per heavy atom. The van der Waals surface area contributed by atoms with Crippen molar-refractivity contribution in [2.24, 2.45) is 7.05 Å². The molecule has 0 fully saturated rings. The van der Waals surface area contributed by atoms with Crippen molar-refractivity contribution in [2.45, 2.75) is 6.92 Å². The molecule has 10 heteroatoms. The average Bonchev–Trinajstić information content (AvgIpc) is 3.50. The molecule has 0 saturated carbocycles. The Labute approximate surface area is 211 Å². The second kappa shape index (κ2) is 9.78. The molecule has 0 spiro atoms. The first-order valence-corrected chi connectivity index (χ1v) is 11.5. The quantitative estimate of drug-likeness (QED) is 0.375. The smallest absolute Gasteiger partial charge is 0.295 e. The van der Waals surface area contributed by atoms with E-state index in [0.717, 1.165) is 5.69 Å². The number of carbonyl (C=O) groups is 2. The van der Waals surface area contributed by atoms with Gasteiger partial charge in [0.1, 0.15) is 5.69 Å². The number of para-hydroxylation sites is 2. The molecule has 2 aromatic heterocycles. The first-order chi connectivity index (χ1) is 17.9. The molecule has 0 radical (unpaired) electrons. The topological polar surface area (TPSA) is 116 Å². The monoisotopic (exact) mass is 493 g/mol. The van der Waals surface area contributed by atoms with Crippen LogP contribution in [0.15, 0.2) is 95.9 Å². The zero-order valence-corrected chi connectivity index (χ0v) is 20.1. The Hall–Kier alpha value is -5.25. The molecule has 0 unspecified atom stereocenters. The summed E-state index contributed by atoms with van der Waals surface area (Å²) in [6.45, 7) is 1.76. The molecule has 5 aromatic rings. The van der Waals surface area contributed by atoms with Crippen molar-refractivity contribution in [3.05, 3.63) is 118 Å². The van der Waals surface area contributed by atoms with E-state index in [1.165, 1.54) is 21.7 Å². The zero-order chi connectivity index (χ0) is 25.9. The van der Waals surface area contributed by atoms with Gasteiger partial charge in [0.15, 0.2) is 5.69 Å². The molecule has 37 heavy (non-hydrogen) atoms. The molecule has 2 amide bonds. The summed E-state index contributed by atoms with van der Waals surface area (Å²) in [5.41, 5.74) is 2.66. The molecule has 2 heterocycles. The maximum Gasteiger partial charge on any atom is 0.295 e. The average molecular weight is 494 g/mol. The molecule has 184 valence electrons. The highest BCUT2D eigenvalue weighted by atomic mass is 16.2. The van der Waals surface area contributed by atoms with Crippen LogP contribution in [0.2, 0.25) is 0 Å². The molecule has 3 aromatic carbocycles. The molecule has 0 aliphatic heterocycles. The van der Waals surface area contributed by atoms with Gasteiger partial charge in [-0.15, -0.1) is 5.10 Å². The highest BCUT2D eigenvalue weighted by molar-refractivity contribution is 6.07. The second-order valence-corrected chi connectivity index (χ2v) is 8.28. The lowest BCUT2D eigenvalue weighted by atomic mass is 10.2. The fourth-order valence-corrected chi connectivity index (χ4v) is 3.88. The largest absolute Gasteiger partial charge is 0.321 e. The summed E-state index contributed by atoms with van der Waals surface area (Å²) in [5, 5.41) is 13.8. The van der Waals surface area contributed by atoms with E-state index in [1.807, 2.05) is 60.7 Å². The molecular formula is C27H23N7O3. The Morgan fingerprint density at radius 2 is 1.49 bits per heavy atom. The van der Waals surface area contributed by atoms with Gasteiger partial charge in [0.25, 0.3) is 17.4 Å². The normalized spacial score (nSPS) is 10.8. The number of benzene rings is 3. The minimum Gasteiger partial charge on any atom is -0.321 e. The third kappa shape index (κ3) is 4.67. The molecule has 5 rings (SSSR count). The number of carbonyl (C=O) groups excluding carboxylic acids is 2. The third-order valence-corrected chi connectivity index (χ3v) is 5.89. The number of anilines is 2. The van der Waals surface area contributed by atoms with Crippen molar-refractivity contribution < 1.29 is 9.59 Å². The van der Waals surface area contributed by atoms with Gasteiger partial charge < -0.3 is 10.6 Å². The second-order valence-electron chi connectivity index (χ2n) is 8.28. The Kier molecular flexibility index (Phi) is 6.21. The standard InChI is InChI=1S/C27H23N7O3/c1-18-24(27(37)33(32(18)2)21-12-5-3-6-13-21)30-25(35)19-10-9-11-20(16-19)29-26(36)23-17-28-34(31-23)22-14-7-4-8-15-22/h3-17H,1-2H3,(H,29,36)(H,30,35). The molecule has 2 N–H and O–H groups in total. The van der Waals surface area contributed by atoms with Crippen LogP contribution in [0.25, 0.3) is 11.4 Å². The van der Waals surface area contributed by atoms with E-state index in [4.69, 9.17) is 0 Å². The highest BCUT2D eigenvalue weighted by Crippen LogP contribution is 2.17. The van der Waals surface area contributed by atoms with Crippen molar-refractivity contribution in [2.75, 3.05) is 10.6 Å². The van der Waals surface area contributed by atoms with Crippen LogP contribution in [0.5, 0.6) is 0 Å². The van der Waals surface area contributed by atoms with Gasteiger partial charge in [0, 0.05) is 18.3 Å². The van der Waals surface area contributed by atoms with E-state index in [2.05, 4.69) is 20.8 Å². The minimum atomic E-state index is -0.475. The van der Waals surface area contributed by atoms with Crippen LogP contribution in [0, 0.1) is 6.92 Å². The van der Waals surface area contributed by atoms with Crippen LogP contribution >= 0.6 is 0 Å². The van der Waals surface area contributed by atoms with E-state index in [-0.39, 0.29) is 22.5 Å². The number of nitrogens with one attached hydrogen (secondary N) is 2. The van der Waals surface area contributed by atoms with Crippen LogP contribution in [0.1, 0.15) is 26.5 Å². The van der Waals surface area contributed by atoms with Crippen molar-refractivity contribution in [3.63, 3.8) is 0 Å². The summed E-state index contributed by atoms with van der Waals surface area (Å²) in [6.07, 6.45) is 1.37. The van der Waals surface area contributed by atoms with Gasteiger partial charge in [-0.25, -0.2) is 4.68 Å². The lowest BCUT2D eigenvalue weighted by molar-refractivity contribution is 0.101. The first kappa shape index (κ1) is 23.5. The van der Waals surface area contributed by atoms with Crippen molar-refractivity contribution >= 4 is 23.2 Å². The van der Waals surface area contributed by atoms with Crippen LogP contribution in [-0.2, 0) is 7.05 Å². The van der Waals surface area contributed by atoms with Crippen LogP contribution in [0.3, 0.4) is 0 Å². The Bertz CT molecular complexity index is 1650. The minimum absolute atomic E-state index is 0.125. The predicted octanol–water partition coefficient (Wildman–Crippen LogP) is 3.57. The van der Waals surface area contributed by atoms with Gasteiger partial charge in [0.05, 0.1) is 23.3 Å². The van der Waals surface area contributed by atoms with Crippen LogP contribution in [0.4, 0.5) is 11.4 Å². The fraction of sp³-hybridized carbons (Fsp3) is 0.0741. The van der Waals surface area contributed by atoms with Crippen LogP contribution < -0.4 is 16.2 Å². The van der Waals surface area contributed by atoms with Crippen molar-refractivity contribution in [3.8, 4) is 11.4 Å². The highest BCUT2D eigenvalue weighted by Gasteiger charge is 2.19. The third-order valence-electron chi connectivity index (χ3n) is 5.89. The lowest BCUT2D eigenvalue weighted by Crippen LogP contribution is -2.23. The SMILES string of the molecule is Cc1c(NC(=O)c2cccc(NC(=O)c3cnn(-c4ccccc4)n3)c2)c(=O)n(-c2ccccc2)n1C. The van der Waals surface area contributed by atoms with Gasteiger partial charge in [-0.05, 0) is 49.4 Å². The Morgan fingerprint density at radius 3 is 2.19 bits per heavy atom. The lowest BCUT2D eigenvalue weighted by Gasteiger charge is -2.07. The first-order valence-electron chi connectivity index (χ1n) is 11.5. The summed E-state index contributed by atoms with van der Waals surface area (Å²) >= 11 is 0. The van der Waals surface area contributed by atoms with Gasteiger partial charge in [-0.2, -0.15) is 9.90 Å². The number of rotatable bonds is 6. The van der Waals surface area contributed by atoms with Gasteiger partial charge >= 0.3 is 0 Å². The van der Waals surface area contributed by atoms with E-state index in [9.17, 15) is 14.4 Å². The zero-order valence-electron chi connectivity index (χ0n) is 20.1. The molecule has 0 saturated heterocycles. The van der Waals surface area contributed by atoms with E-state index >= 15 is 0 Å². The van der Waals surface area contributed by atoms with Crippen molar-refractivity contribution in [1.82, 2.24) is 24.4 Å². The number of nitrogens with zero attached hydrogens (tertiary/aromatic N) is 5. The van der Waals surface area contributed by atoms with E-state index in [1.54, 1.807) is 36.9 Å². The number of aromatic nitrogens is 5. The van der Waals surface area contributed by atoms with Gasteiger partial charge in [-0.1, -0.05) is 42.5 Å². The summed E-state index contributed by atoms with van der Waals surface area (Å²) < 4.78 is 3.18. The molecule has 0 aliphatic rings. The van der Waals surface area contributed by atoms with E-state index in [0.29, 0.717) is 17.1 Å². The van der Waals surface area contributed by atoms with Crippen molar-refractivity contribution in [1.29, 1.82) is 0 Å². The number of amides is 2. The molecule has 0 bridgehead atoms. The molecule has 10 nitrogen and oxygen atoms in total. The maximum absolute atomic E-state index is 13.1. The van der Waals surface area contributed by atoms with Crippen LogP contribution in [-0.4, -0.2) is 36.2 Å². The summed E-state index contributed by atoms with van der Waals surface area (Å²) in [4.78, 5) is 40.2. The maximum atomic E-state index is 13.1. The summed E-state index contributed by atoms with van der Waals surface area (Å²) in [7, 11) is 1.75. The fourth-order valence-electron chi connectivity index (χ4n) is 3.88. The predicted molar refractivity (Wildman–Crippen MR) is 139 cm³/mol. The molecule has 0 aliphatic carbocycles. The van der Waals surface area contributed by atoms with Gasteiger partial charge in [-0.3, -0.25) is 19.1 Å². The summed E-state index contributed by atoms with van der Waals surface area (Å²) in [5.74, 6) is -0.943. The van der Waals surface area contributed by atoms with Gasteiger partial charge in [0.2, 0.25) is 0 Å². The summed E-state index contributed by atoms with van der Waals surface area (Å²) in [6, 6.07) is 24.8. The number of hydrogen-bond donors (Lipinski definition) is 2. The van der Waals surface area contributed by atoms with E-state index < -0.39 is 11.8 Å². The molecule has 0 atom stereocenters. The molecular weight excluding hydrogens is 470 g/mol. The Balaban J connectivity index is 1.33.